The SMILES string of the molecule is CC(=O)N1CCc2cc(S(=O)(=O)Nc3ccc(OCc4ccccc4)cc3)ccc21. The van der Waals surface area contributed by atoms with E-state index in [0.29, 0.717) is 31.0 Å². The molecular formula is C23H22N2O4S. The van der Waals surface area contributed by atoms with Crippen LogP contribution >= 0.6 is 0 Å². The molecule has 0 aromatic heterocycles. The molecule has 7 heteroatoms. The number of fused-ring (bicyclic) bond motifs is 1. The van der Waals surface area contributed by atoms with Crippen LogP contribution in [0.1, 0.15) is 18.1 Å². The second kappa shape index (κ2) is 8.20. The lowest BCUT2D eigenvalue weighted by Crippen LogP contribution is -2.25. The Hall–Kier alpha value is -3.32. The van der Waals surface area contributed by atoms with E-state index in [2.05, 4.69) is 4.72 Å². The van der Waals surface area contributed by atoms with E-state index in [0.717, 1.165) is 16.8 Å². The molecule has 0 saturated heterocycles. The Bertz CT molecular complexity index is 1160. The van der Waals surface area contributed by atoms with E-state index in [-0.39, 0.29) is 10.8 Å². The monoisotopic (exact) mass is 422 g/mol. The van der Waals surface area contributed by atoms with Gasteiger partial charge in [-0.1, -0.05) is 30.3 Å². The number of hydrogen-bond donors (Lipinski definition) is 1. The number of amides is 1. The van der Waals surface area contributed by atoms with E-state index in [4.69, 9.17) is 4.74 Å². The van der Waals surface area contributed by atoms with Gasteiger partial charge in [-0.2, -0.15) is 0 Å². The number of sulfonamides is 1. The molecule has 154 valence electrons. The van der Waals surface area contributed by atoms with Crippen LogP contribution in [-0.4, -0.2) is 20.9 Å². The van der Waals surface area contributed by atoms with Crippen LogP contribution in [0.4, 0.5) is 11.4 Å². The number of ether oxygens (including phenoxy) is 1. The van der Waals surface area contributed by atoms with Crippen LogP contribution in [0.25, 0.3) is 0 Å². The number of rotatable bonds is 6. The van der Waals surface area contributed by atoms with Crippen molar-refractivity contribution >= 4 is 27.3 Å². The van der Waals surface area contributed by atoms with Crippen molar-refractivity contribution in [3.8, 4) is 5.75 Å². The van der Waals surface area contributed by atoms with Gasteiger partial charge in [0.25, 0.3) is 10.0 Å². The molecule has 3 aromatic rings. The van der Waals surface area contributed by atoms with Gasteiger partial charge in [0.2, 0.25) is 5.91 Å². The summed E-state index contributed by atoms with van der Waals surface area (Å²) in [5.74, 6) is 0.612. The molecule has 0 bridgehead atoms. The number of carbonyl (C=O) groups is 1. The molecule has 4 rings (SSSR count). The van der Waals surface area contributed by atoms with Gasteiger partial charge in [0.15, 0.2) is 0 Å². The molecule has 30 heavy (non-hydrogen) atoms. The molecule has 0 radical (unpaired) electrons. The zero-order valence-corrected chi connectivity index (χ0v) is 17.4. The summed E-state index contributed by atoms with van der Waals surface area (Å²) < 4.78 is 33.9. The number of carbonyl (C=O) groups excluding carboxylic acids is 1. The Morgan fingerprint density at radius 3 is 2.47 bits per heavy atom. The minimum absolute atomic E-state index is 0.0444. The van der Waals surface area contributed by atoms with E-state index in [9.17, 15) is 13.2 Å². The van der Waals surface area contributed by atoms with E-state index in [1.54, 1.807) is 41.3 Å². The molecule has 1 N–H and O–H groups in total. The average Bonchev–Trinajstić information content (AvgIpc) is 3.17. The molecule has 0 atom stereocenters. The highest BCUT2D eigenvalue weighted by Crippen LogP contribution is 2.31. The summed E-state index contributed by atoms with van der Waals surface area (Å²) in [6.07, 6.45) is 0.645. The van der Waals surface area contributed by atoms with Crippen molar-refractivity contribution in [2.24, 2.45) is 0 Å². The molecule has 1 aliphatic rings. The lowest BCUT2D eigenvalue weighted by atomic mass is 10.2. The minimum atomic E-state index is -3.74. The molecule has 0 spiro atoms. The lowest BCUT2D eigenvalue weighted by Gasteiger charge is -2.15. The number of anilines is 2. The second-order valence-corrected chi connectivity index (χ2v) is 8.80. The van der Waals surface area contributed by atoms with Gasteiger partial charge in [0, 0.05) is 24.8 Å². The normalized spacial score (nSPS) is 13.0. The molecule has 6 nitrogen and oxygen atoms in total. The first-order valence-electron chi connectivity index (χ1n) is 9.63. The van der Waals surface area contributed by atoms with Crippen LogP contribution in [0.3, 0.4) is 0 Å². The lowest BCUT2D eigenvalue weighted by molar-refractivity contribution is -0.116. The third-order valence-corrected chi connectivity index (χ3v) is 6.37. The van der Waals surface area contributed by atoms with Crippen LogP contribution < -0.4 is 14.4 Å². The molecule has 0 aliphatic carbocycles. The van der Waals surface area contributed by atoms with Crippen LogP contribution in [0.5, 0.6) is 5.75 Å². The van der Waals surface area contributed by atoms with Crippen LogP contribution in [-0.2, 0) is 27.8 Å². The number of nitrogens with one attached hydrogen (secondary N) is 1. The molecule has 0 unspecified atom stereocenters. The van der Waals surface area contributed by atoms with Crippen molar-refractivity contribution in [1.82, 2.24) is 0 Å². The molecular weight excluding hydrogens is 400 g/mol. The molecule has 0 saturated carbocycles. The van der Waals surface area contributed by atoms with Gasteiger partial charge in [0.05, 0.1) is 4.90 Å². The maximum Gasteiger partial charge on any atom is 0.261 e. The summed E-state index contributed by atoms with van der Waals surface area (Å²) in [6, 6.07) is 21.5. The Labute approximate surface area is 176 Å². The highest BCUT2D eigenvalue weighted by atomic mass is 32.2. The minimum Gasteiger partial charge on any atom is -0.489 e. The van der Waals surface area contributed by atoms with E-state index in [1.165, 1.54) is 13.0 Å². The first-order chi connectivity index (χ1) is 14.4. The predicted octanol–water partition coefficient (Wildman–Crippen LogP) is 3.98. The number of hydrogen-bond acceptors (Lipinski definition) is 4. The zero-order chi connectivity index (χ0) is 21.1. The first-order valence-corrected chi connectivity index (χ1v) is 11.1. The topological polar surface area (TPSA) is 75.7 Å². The van der Waals surface area contributed by atoms with Crippen molar-refractivity contribution in [3.63, 3.8) is 0 Å². The van der Waals surface area contributed by atoms with Crippen molar-refractivity contribution in [1.29, 1.82) is 0 Å². The molecule has 3 aromatic carbocycles. The average molecular weight is 423 g/mol. The van der Waals surface area contributed by atoms with Crippen molar-refractivity contribution in [3.05, 3.63) is 83.9 Å². The highest BCUT2D eigenvalue weighted by Gasteiger charge is 2.24. The molecule has 0 fully saturated rings. The summed E-state index contributed by atoms with van der Waals surface area (Å²) in [6.45, 7) is 2.53. The molecule has 1 heterocycles. The van der Waals surface area contributed by atoms with E-state index < -0.39 is 10.0 Å². The first kappa shape index (κ1) is 20.0. The van der Waals surface area contributed by atoms with Crippen LogP contribution in [0, 0.1) is 0 Å². The second-order valence-electron chi connectivity index (χ2n) is 7.12. The number of benzene rings is 3. The van der Waals surface area contributed by atoms with Gasteiger partial charge in [-0.25, -0.2) is 8.42 Å². The van der Waals surface area contributed by atoms with Gasteiger partial charge in [-0.05, 0) is 60.0 Å². The van der Waals surface area contributed by atoms with Crippen molar-refractivity contribution < 1.29 is 17.9 Å². The predicted molar refractivity (Wildman–Crippen MR) is 116 cm³/mol. The van der Waals surface area contributed by atoms with Crippen LogP contribution in [0.2, 0.25) is 0 Å². The third kappa shape index (κ3) is 4.31. The number of nitrogens with zero attached hydrogens (tertiary/aromatic N) is 1. The summed E-state index contributed by atoms with van der Waals surface area (Å²) in [5.41, 5.74) is 3.15. The Morgan fingerprint density at radius 2 is 1.77 bits per heavy atom. The van der Waals surface area contributed by atoms with E-state index >= 15 is 0 Å². The molecule has 1 aliphatic heterocycles. The fraction of sp³-hybridized carbons (Fsp3) is 0.174. The van der Waals surface area contributed by atoms with Gasteiger partial charge < -0.3 is 9.64 Å². The van der Waals surface area contributed by atoms with Gasteiger partial charge in [-0.3, -0.25) is 9.52 Å². The summed E-state index contributed by atoms with van der Waals surface area (Å²) in [4.78, 5) is 13.5. The van der Waals surface area contributed by atoms with Crippen molar-refractivity contribution in [2.45, 2.75) is 24.8 Å². The Balaban J connectivity index is 1.44. The van der Waals surface area contributed by atoms with Crippen LogP contribution in [0.15, 0.2) is 77.7 Å². The fourth-order valence-electron chi connectivity index (χ4n) is 3.45. The quantitative estimate of drug-likeness (QED) is 0.652. The van der Waals surface area contributed by atoms with Gasteiger partial charge in [0.1, 0.15) is 12.4 Å². The smallest absolute Gasteiger partial charge is 0.261 e. The Kier molecular flexibility index (Phi) is 5.46. The summed E-state index contributed by atoms with van der Waals surface area (Å²) in [5, 5.41) is 0. The highest BCUT2D eigenvalue weighted by molar-refractivity contribution is 7.92. The standard InChI is InChI=1S/C23H22N2O4S/c1-17(26)25-14-13-19-15-22(11-12-23(19)25)30(27,28)24-20-7-9-21(10-8-20)29-16-18-5-3-2-4-6-18/h2-12,15,24H,13-14,16H2,1H3. The largest absolute Gasteiger partial charge is 0.489 e. The zero-order valence-electron chi connectivity index (χ0n) is 16.5. The van der Waals surface area contributed by atoms with Gasteiger partial charge in [-0.15, -0.1) is 0 Å². The third-order valence-electron chi connectivity index (χ3n) is 4.99. The molecule has 1 amide bonds. The Morgan fingerprint density at radius 1 is 1.03 bits per heavy atom. The van der Waals surface area contributed by atoms with Gasteiger partial charge >= 0.3 is 0 Å². The van der Waals surface area contributed by atoms with E-state index in [1.807, 2.05) is 30.3 Å². The fourth-order valence-corrected chi connectivity index (χ4v) is 4.56. The summed E-state index contributed by atoms with van der Waals surface area (Å²) in [7, 11) is -3.74. The van der Waals surface area contributed by atoms with Crippen molar-refractivity contribution in [2.75, 3.05) is 16.2 Å². The summed E-state index contributed by atoms with van der Waals surface area (Å²) >= 11 is 0. The maximum atomic E-state index is 12.8. The maximum absolute atomic E-state index is 12.8.